The maximum absolute atomic E-state index is 12.8. The molecule has 4 N–H and O–H groups in total. The van der Waals surface area contributed by atoms with Gasteiger partial charge in [0.15, 0.2) is 5.65 Å². The Labute approximate surface area is 251 Å². The first-order chi connectivity index (χ1) is 20.9. The van der Waals surface area contributed by atoms with Gasteiger partial charge in [0.25, 0.3) is 0 Å². The largest absolute Gasteiger partial charge is 0.479 e. The number of aromatic amines is 1. The maximum Gasteiger partial charge on any atom is 0.246 e. The minimum absolute atomic E-state index is 0.108. The van der Waals surface area contributed by atoms with Gasteiger partial charge in [0.05, 0.1) is 36.1 Å². The van der Waals surface area contributed by atoms with E-state index in [4.69, 9.17) is 4.74 Å². The minimum Gasteiger partial charge on any atom is -0.479 e. The number of pyridine rings is 1. The average Bonchev–Trinajstić information content (AvgIpc) is 3.65. The summed E-state index contributed by atoms with van der Waals surface area (Å²) in [5.41, 5.74) is 2.01. The standard InChI is InChI=1S/C30H40N10O3/c1-5-14-31-26-21(19-34-30(36-26)35-22-18-23-27(33-20-22)37-38-29(23)43-4)11-7-6-8-15-32-28(42)24-12-9-17-40(24)25(41)13-10-16-39(2)3/h10,13,18-20,24H,5-6,8-9,12,14-17H2,1-4H3,(H,32,42)(H,33,37,38)(H2,31,34,35,36)/t24-/m0/s1. The van der Waals surface area contributed by atoms with Gasteiger partial charge in [0.1, 0.15) is 11.9 Å². The van der Waals surface area contributed by atoms with Crippen molar-refractivity contribution in [2.75, 3.05) is 58.0 Å². The topological polar surface area (TPSA) is 153 Å². The van der Waals surface area contributed by atoms with E-state index in [0.29, 0.717) is 73.4 Å². The lowest BCUT2D eigenvalue weighted by Gasteiger charge is -2.22. The van der Waals surface area contributed by atoms with Gasteiger partial charge in [-0.25, -0.2) is 9.97 Å². The van der Waals surface area contributed by atoms with Crippen LogP contribution in [0.15, 0.2) is 30.6 Å². The number of rotatable bonds is 13. The molecule has 13 nitrogen and oxygen atoms in total. The van der Waals surface area contributed by atoms with Crippen molar-refractivity contribution in [2.24, 2.45) is 0 Å². The quantitative estimate of drug-likeness (QED) is 0.133. The Kier molecular flexibility index (Phi) is 11.3. The number of methoxy groups -OCH3 is 1. The van der Waals surface area contributed by atoms with Crippen LogP contribution in [0.5, 0.6) is 5.88 Å². The molecule has 0 bridgehead atoms. The van der Waals surface area contributed by atoms with E-state index >= 15 is 0 Å². The number of unbranched alkanes of at least 4 members (excludes halogenated alkanes) is 1. The summed E-state index contributed by atoms with van der Waals surface area (Å²) < 4.78 is 5.27. The van der Waals surface area contributed by atoms with E-state index in [0.717, 1.165) is 24.8 Å². The van der Waals surface area contributed by atoms with Crippen LogP contribution < -0.4 is 20.7 Å². The predicted octanol–water partition coefficient (Wildman–Crippen LogP) is 2.68. The van der Waals surface area contributed by atoms with Crippen LogP contribution in [0.25, 0.3) is 11.0 Å². The SMILES string of the molecule is CCCNc1nc(Nc2cnc3[nH]nc(OC)c3c2)ncc1C#CCCCNC(=O)[C@@H]1CCCN1C(=O)C=CCN(C)C. The molecule has 1 atom stereocenters. The molecule has 0 aliphatic carbocycles. The number of fused-ring (bicyclic) bond motifs is 1. The number of nitrogens with zero attached hydrogens (tertiary/aromatic N) is 6. The zero-order valence-electron chi connectivity index (χ0n) is 25.2. The van der Waals surface area contributed by atoms with Gasteiger partial charge in [-0.15, -0.1) is 5.10 Å². The van der Waals surface area contributed by atoms with Crippen molar-refractivity contribution >= 4 is 40.3 Å². The monoisotopic (exact) mass is 588 g/mol. The number of ether oxygens (including phenoxy) is 1. The molecule has 3 aromatic heterocycles. The Morgan fingerprint density at radius 1 is 1.26 bits per heavy atom. The maximum atomic E-state index is 12.8. The zero-order chi connectivity index (χ0) is 30.6. The number of aromatic nitrogens is 5. The molecule has 0 unspecified atom stereocenters. The third kappa shape index (κ3) is 8.65. The first-order valence-corrected chi connectivity index (χ1v) is 14.5. The fourth-order valence-corrected chi connectivity index (χ4v) is 4.57. The number of hydrogen-bond donors (Lipinski definition) is 4. The van der Waals surface area contributed by atoms with Gasteiger partial charge in [-0.05, 0) is 45.8 Å². The Balaban J connectivity index is 1.30. The van der Waals surface area contributed by atoms with Crippen molar-refractivity contribution in [3.05, 3.63) is 36.2 Å². The van der Waals surface area contributed by atoms with Crippen LogP contribution in [0.4, 0.5) is 17.5 Å². The van der Waals surface area contributed by atoms with E-state index in [2.05, 4.69) is 59.9 Å². The van der Waals surface area contributed by atoms with Gasteiger partial charge in [-0.3, -0.25) is 14.7 Å². The van der Waals surface area contributed by atoms with E-state index in [-0.39, 0.29) is 11.8 Å². The molecule has 13 heteroatoms. The van der Waals surface area contributed by atoms with Crippen molar-refractivity contribution in [1.82, 2.24) is 40.3 Å². The van der Waals surface area contributed by atoms with Crippen LogP contribution in [0.3, 0.4) is 0 Å². The molecule has 1 fully saturated rings. The van der Waals surface area contributed by atoms with E-state index in [1.165, 1.54) is 0 Å². The summed E-state index contributed by atoms with van der Waals surface area (Å²) in [7, 11) is 5.44. The highest BCUT2D eigenvalue weighted by molar-refractivity contribution is 5.93. The van der Waals surface area contributed by atoms with Crippen LogP contribution in [0.1, 0.15) is 44.6 Å². The van der Waals surface area contributed by atoms with E-state index in [9.17, 15) is 9.59 Å². The van der Waals surface area contributed by atoms with Crippen LogP contribution >= 0.6 is 0 Å². The Morgan fingerprint density at radius 3 is 2.91 bits per heavy atom. The second-order valence-corrected chi connectivity index (χ2v) is 10.4. The predicted molar refractivity (Wildman–Crippen MR) is 166 cm³/mol. The van der Waals surface area contributed by atoms with E-state index < -0.39 is 6.04 Å². The number of carbonyl (C=O) groups excluding carboxylic acids is 2. The normalized spacial score (nSPS) is 14.6. The van der Waals surface area contributed by atoms with Crippen molar-refractivity contribution in [2.45, 2.75) is 45.1 Å². The van der Waals surface area contributed by atoms with Crippen molar-refractivity contribution < 1.29 is 14.3 Å². The average molecular weight is 589 g/mol. The molecule has 1 saturated heterocycles. The fourth-order valence-electron chi connectivity index (χ4n) is 4.57. The number of anilines is 3. The van der Waals surface area contributed by atoms with E-state index in [1.807, 2.05) is 31.1 Å². The molecule has 0 spiro atoms. The van der Waals surface area contributed by atoms with E-state index in [1.54, 1.807) is 30.5 Å². The summed E-state index contributed by atoms with van der Waals surface area (Å²) in [6.45, 7) is 4.59. The number of nitrogens with one attached hydrogen (secondary N) is 4. The minimum atomic E-state index is -0.418. The summed E-state index contributed by atoms with van der Waals surface area (Å²) in [4.78, 5) is 42.4. The summed E-state index contributed by atoms with van der Waals surface area (Å²) >= 11 is 0. The summed E-state index contributed by atoms with van der Waals surface area (Å²) in [6, 6.07) is 1.45. The number of hydrogen-bond acceptors (Lipinski definition) is 10. The number of carbonyl (C=O) groups is 2. The second kappa shape index (κ2) is 15.5. The van der Waals surface area contributed by atoms with Crippen LogP contribution in [0, 0.1) is 11.8 Å². The number of amides is 2. The molecule has 43 heavy (non-hydrogen) atoms. The molecule has 0 saturated carbocycles. The van der Waals surface area contributed by atoms with Crippen LogP contribution in [-0.4, -0.2) is 100 Å². The Bertz CT molecular complexity index is 1490. The second-order valence-electron chi connectivity index (χ2n) is 10.4. The lowest BCUT2D eigenvalue weighted by atomic mass is 10.2. The molecule has 0 aromatic carbocycles. The zero-order valence-corrected chi connectivity index (χ0v) is 25.2. The summed E-state index contributed by atoms with van der Waals surface area (Å²) in [5, 5.41) is 17.1. The van der Waals surface area contributed by atoms with Gasteiger partial charge in [0, 0.05) is 38.7 Å². The molecule has 3 aromatic rings. The molecule has 1 aliphatic rings. The molecule has 1 aliphatic heterocycles. The van der Waals surface area contributed by atoms with Gasteiger partial charge < -0.3 is 30.5 Å². The molecular weight excluding hydrogens is 548 g/mol. The van der Waals surface area contributed by atoms with Crippen LogP contribution in [0.2, 0.25) is 0 Å². The van der Waals surface area contributed by atoms with Crippen molar-refractivity contribution in [3.63, 3.8) is 0 Å². The van der Waals surface area contributed by atoms with Gasteiger partial charge in [-0.2, -0.15) is 4.98 Å². The third-order valence-corrected chi connectivity index (χ3v) is 6.73. The first kappa shape index (κ1) is 31.2. The molecular formula is C30H40N10O3. The van der Waals surface area contributed by atoms with Gasteiger partial charge in [0.2, 0.25) is 23.6 Å². The van der Waals surface area contributed by atoms with Crippen LogP contribution in [-0.2, 0) is 9.59 Å². The fraction of sp³-hybridized carbons (Fsp3) is 0.467. The smallest absolute Gasteiger partial charge is 0.246 e. The molecule has 4 rings (SSSR count). The van der Waals surface area contributed by atoms with Crippen molar-refractivity contribution in [1.29, 1.82) is 0 Å². The molecule has 228 valence electrons. The summed E-state index contributed by atoms with van der Waals surface area (Å²) in [6.07, 6.45) is 10.4. The first-order valence-electron chi connectivity index (χ1n) is 14.5. The Morgan fingerprint density at radius 2 is 2.12 bits per heavy atom. The number of likely N-dealkylation sites (N-methyl/N-ethyl adjacent to an activating group) is 1. The third-order valence-electron chi connectivity index (χ3n) is 6.73. The number of H-pyrrole nitrogens is 1. The number of likely N-dealkylation sites (tertiary alicyclic amines) is 1. The molecule has 0 radical (unpaired) electrons. The molecule has 4 heterocycles. The lowest BCUT2D eigenvalue weighted by Crippen LogP contribution is -2.45. The highest BCUT2D eigenvalue weighted by atomic mass is 16.5. The summed E-state index contributed by atoms with van der Waals surface area (Å²) in [5.74, 6) is 7.61. The van der Waals surface area contributed by atoms with Gasteiger partial charge in [-0.1, -0.05) is 24.8 Å². The lowest BCUT2D eigenvalue weighted by molar-refractivity contribution is -0.135. The van der Waals surface area contributed by atoms with Gasteiger partial charge >= 0.3 is 0 Å². The highest BCUT2D eigenvalue weighted by Crippen LogP contribution is 2.25. The Hall–Kier alpha value is -4.70. The highest BCUT2D eigenvalue weighted by Gasteiger charge is 2.32. The molecule has 2 amide bonds. The van der Waals surface area contributed by atoms with Crippen molar-refractivity contribution in [3.8, 4) is 17.7 Å².